The first-order valence-electron chi connectivity index (χ1n) is 2.20. The number of rotatable bonds is 4. The van der Waals surface area contributed by atoms with Gasteiger partial charge in [-0.25, -0.2) is 9.79 Å². The van der Waals surface area contributed by atoms with Crippen molar-refractivity contribution in [1.29, 1.82) is 0 Å². The highest BCUT2D eigenvalue weighted by atomic mass is 19.3. The maximum atomic E-state index is 11.1. The number of hydrogen-bond acceptors (Lipinski definition) is 3. The molecule has 0 aliphatic rings. The molecule has 0 rings (SSSR count). The van der Waals surface area contributed by atoms with E-state index in [9.17, 15) is 13.6 Å². The third kappa shape index (κ3) is 7.20. The van der Waals surface area contributed by atoms with Gasteiger partial charge in [-0.1, -0.05) is 0 Å². The minimum atomic E-state index is -2.79. The molecule has 0 spiro atoms. The lowest BCUT2D eigenvalue weighted by molar-refractivity contribution is -0.126. The number of halogens is 2. The summed E-state index contributed by atoms with van der Waals surface area (Å²) in [5.74, 6) is 0. The molecule has 0 fully saturated rings. The Morgan fingerprint density at radius 2 is 2.33 bits per heavy atom. The van der Waals surface area contributed by atoms with Gasteiger partial charge in [-0.2, -0.15) is 8.78 Å². The molecule has 0 aromatic carbocycles. The summed E-state index contributed by atoms with van der Waals surface area (Å²) in [5.41, 5.74) is 0. The molecule has 0 N–H and O–H groups in total. The van der Waals surface area contributed by atoms with Crippen molar-refractivity contribution >= 4 is 6.08 Å². The summed E-state index contributed by atoms with van der Waals surface area (Å²) < 4.78 is 25.9. The second kappa shape index (κ2) is 5.34. The maximum Gasteiger partial charge on any atom is 0.345 e. The molecule has 0 aromatic heterocycles. The fraction of sp³-hybridized carbons (Fsp3) is 0.750. The third-order valence-corrected chi connectivity index (χ3v) is 0.511. The fourth-order valence-electron chi connectivity index (χ4n) is 0.233. The molecule has 0 heterocycles. The lowest BCUT2D eigenvalue weighted by atomic mass is 10.7. The van der Waals surface area contributed by atoms with E-state index < -0.39 is 6.61 Å². The highest BCUT2D eigenvalue weighted by Crippen LogP contribution is 1.92. The van der Waals surface area contributed by atoms with Crippen LogP contribution in [0.1, 0.15) is 0 Å². The standard InChI is InChI=1S/C4H5F2NO2/c5-4(6)9-2-1-7-3-8/h4H,1-2H2. The van der Waals surface area contributed by atoms with E-state index in [4.69, 9.17) is 0 Å². The van der Waals surface area contributed by atoms with Crippen molar-refractivity contribution in [3.8, 4) is 0 Å². The predicted octanol–water partition coefficient (Wildman–Crippen LogP) is 0.561. The topological polar surface area (TPSA) is 38.7 Å². The molecular formula is C4H5F2NO2. The van der Waals surface area contributed by atoms with Gasteiger partial charge >= 0.3 is 6.61 Å². The Bertz CT molecular complexity index is 111. The van der Waals surface area contributed by atoms with Gasteiger partial charge in [-0.3, -0.25) is 0 Å². The average Bonchev–Trinajstić information content (AvgIpc) is 1.80. The molecule has 0 atom stereocenters. The predicted molar refractivity (Wildman–Crippen MR) is 24.9 cm³/mol. The van der Waals surface area contributed by atoms with Gasteiger partial charge in [0.25, 0.3) is 0 Å². The lowest BCUT2D eigenvalue weighted by Gasteiger charge is -1.95. The van der Waals surface area contributed by atoms with Crippen molar-refractivity contribution in [2.75, 3.05) is 13.2 Å². The molecule has 0 saturated heterocycles. The number of nitrogens with zero attached hydrogens (tertiary/aromatic N) is 1. The van der Waals surface area contributed by atoms with Gasteiger partial charge in [0.15, 0.2) is 0 Å². The molecule has 0 aliphatic heterocycles. The Labute approximate surface area is 50.3 Å². The highest BCUT2D eigenvalue weighted by molar-refractivity contribution is 5.32. The van der Waals surface area contributed by atoms with Crippen molar-refractivity contribution in [1.82, 2.24) is 0 Å². The molecule has 0 aromatic rings. The summed E-state index contributed by atoms with van der Waals surface area (Å²) >= 11 is 0. The smallest absolute Gasteiger partial charge is 0.321 e. The van der Waals surface area contributed by atoms with Crippen LogP contribution in [0.2, 0.25) is 0 Å². The van der Waals surface area contributed by atoms with E-state index >= 15 is 0 Å². The van der Waals surface area contributed by atoms with Crippen LogP contribution in [0.25, 0.3) is 0 Å². The molecule has 0 radical (unpaired) electrons. The number of ether oxygens (including phenoxy) is 1. The Morgan fingerprint density at radius 1 is 1.67 bits per heavy atom. The first kappa shape index (κ1) is 8.20. The van der Waals surface area contributed by atoms with Crippen molar-refractivity contribution < 1.29 is 18.3 Å². The second-order valence-electron chi connectivity index (χ2n) is 1.10. The van der Waals surface area contributed by atoms with E-state index in [1.807, 2.05) is 0 Å². The van der Waals surface area contributed by atoms with Crippen LogP contribution >= 0.6 is 0 Å². The molecule has 0 aliphatic carbocycles. The fourth-order valence-corrected chi connectivity index (χ4v) is 0.233. The Hall–Kier alpha value is -0.800. The van der Waals surface area contributed by atoms with Crippen molar-refractivity contribution in [3.63, 3.8) is 0 Å². The summed E-state index contributed by atoms with van der Waals surface area (Å²) in [6, 6.07) is 0. The summed E-state index contributed by atoms with van der Waals surface area (Å²) in [7, 11) is 0. The van der Waals surface area contributed by atoms with E-state index in [-0.39, 0.29) is 13.2 Å². The van der Waals surface area contributed by atoms with Crippen LogP contribution in [0.5, 0.6) is 0 Å². The minimum Gasteiger partial charge on any atom is -0.321 e. The summed E-state index contributed by atoms with van der Waals surface area (Å²) in [6.07, 6.45) is 1.19. The number of aliphatic imine (C=N–C) groups is 1. The minimum absolute atomic E-state index is 0.0617. The van der Waals surface area contributed by atoms with Gasteiger partial charge in [0.2, 0.25) is 6.08 Å². The molecular weight excluding hydrogens is 132 g/mol. The van der Waals surface area contributed by atoms with Gasteiger partial charge in [-0.05, 0) is 0 Å². The summed E-state index contributed by atoms with van der Waals surface area (Å²) in [5, 5.41) is 0. The van der Waals surface area contributed by atoms with Gasteiger partial charge in [0, 0.05) is 0 Å². The van der Waals surface area contributed by atoms with E-state index in [1.165, 1.54) is 6.08 Å². The van der Waals surface area contributed by atoms with E-state index in [2.05, 4.69) is 9.73 Å². The number of alkyl halides is 2. The van der Waals surface area contributed by atoms with Crippen LogP contribution in [0, 0.1) is 0 Å². The average molecular weight is 137 g/mol. The third-order valence-electron chi connectivity index (χ3n) is 0.511. The zero-order valence-electron chi connectivity index (χ0n) is 4.51. The van der Waals surface area contributed by atoms with Crippen LogP contribution in [-0.2, 0) is 9.53 Å². The van der Waals surface area contributed by atoms with E-state index in [0.717, 1.165) is 0 Å². The summed E-state index contributed by atoms with van der Waals surface area (Å²) in [4.78, 5) is 12.3. The van der Waals surface area contributed by atoms with Crippen molar-refractivity contribution in [3.05, 3.63) is 0 Å². The Kier molecular flexibility index (Phi) is 4.86. The van der Waals surface area contributed by atoms with Crippen LogP contribution in [0.4, 0.5) is 8.78 Å². The molecule has 0 bridgehead atoms. The van der Waals surface area contributed by atoms with Gasteiger partial charge in [0.1, 0.15) is 0 Å². The molecule has 0 saturated carbocycles. The van der Waals surface area contributed by atoms with E-state index in [0.29, 0.717) is 0 Å². The number of isocyanates is 1. The van der Waals surface area contributed by atoms with Gasteiger partial charge in [-0.15, -0.1) is 0 Å². The van der Waals surface area contributed by atoms with Crippen LogP contribution in [0.15, 0.2) is 4.99 Å². The zero-order valence-corrected chi connectivity index (χ0v) is 4.51. The Balaban J connectivity index is 3.00. The van der Waals surface area contributed by atoms with Crippen LogP contribution in [0.3, 0.4) is 0 Å². The monoisotopic (exact) mass is 137 g/mol. The van der Waals surface area contributed by atoms with Crippen LogP contribution < -0.4 is 0 Å². The highest BCUT2D eigenvalue weighted by Gasteiger charge is 1.98. The molecule has 5 heteroatoms. The van der Waals surface area contributed by atoms with Gasteiger partial charge < -0.3 is 4.74 Å². The summed E-state index contributed by atoms with van der Waals surface area (Å²) in [6.45, 7) is -3.09. The normalized spacial score (nSPS) is 9.22. The maximum absolute atomic E-state index is 11.1. The second-order valence-corrected chi connectivity index (χ2v) is 1.10. The lowest BCUT2D eigenvalue weighted by Crippen LogP contribution is -2.02. The quantitative estimate of drug-likeness (QED) is 0.322. The number of carbonyl (C=O) groups excluding carboxylic acids is 1. The first-order valence-corrected chi connectivity index (χ1v) is 2.20. The molecule has 52 valence electrons. The largest absolute Gasteiger partial charge is 0.345 e. The van der Waals surface area contributed by atoms with E-state index in [1.54, 1.807) is 0 Å². The molecule has 0 amide bonds. The molecule has 0 unspecified atom stereocenters. The Morgan fingerprint density at radius 3 is 2.78 bits per heavy atom. The number of hydrogen-bond donors (Lipinski definition) is 0. The van der Waals surface area contributed by atoms with Crippen LogP contribution in [-0.4, -0.2) is 25.8 Å². The SMILES string of the molecule is O=C=NCCOC(F)F. The van der Waals surface area contributed by atoms with Crippen molar-refractivity contribution in [2.24, 2.45) is 4.99 Å². The first-order chi connectivity index (χ1) is 4.27. The molecule has 3 nitrogen and oxygen atoms in total. The molecule has 9 heavy (non-hydrogen) atoms. The van der Waals surface area contributed by atoms with Crippen molar-refractivity contribution in [2.45, 2.75) is 6.61 Å². The zero-order chi connectivity index (χ0) is 7.11. The van der Waals surface area contributed by atoms with Gasteiger partial charge in [0.05, 0.1) is 13.2 Å².